The van der Waals surface area contributed by atoms with Gasteiger partial charge in [-0.15, -0.1) is 0 Å². The number of esters is 2. The van der Waals surface area contributed by atoms with Crippen molar-refractivity contribution >= 4 is 17.9 Å². The Morgan fingerprint density at radius 2 is 0.836 bits per heavy atom. The van der Waals surface area contributed by atoms with Crippen LogP contribution in [0.15, 0.2) is 60.8 Å². The summed E-state index contributed by atoms with van der Waals surface area (Å²) in [5, 5.41) is 11.7. The molecule has 0 saturated heterocycles. The van der Waals surface area contributed by atoms with Crippen LogP contribution in [0, 0.1) is 0 Å². The van der Waals surface area contributed by atoms with Gasteiger partial charge in [-0.3, -0.25) is 9.59 Å². The molecule has 0 aliphatic rings. The Morgan fingerprint density at radius 1 is 0.463 bits per heavy atom. The number of likely N-dealkylation sites (N-methyl/N-ethyl adjacent to an activating group) is 1. The van der Waals surface area contributed by atoms with Crippen LogP contribution in [-0.4, -0.2) is 75.5 Å². The van der Waals surface area contributed by atoms with Crippen molar-refractivity contribution in [3.05, 3.63) is 60.8 Å². The average molecular weight is 940 g/mol. The van der Waals surface area contributed by atoms with Gasteiger partial charge in [-0.05, 0) is 57.8 Å². The van der Waals surface area contributed by atoms with E-state index in [4.69, 9.17) is 14.2 Å². The number of nitrogens with zero attached hydrogens (tertiary/aromatic N) is 1. The second-order valence-corrected chi connectivity index (χ2v) is 19.8. The summed E-state index contributed by atoms with van der Waals surface area (Å²) >= 11 is 0. The summed E-state index contributed by atoms with van der Waals surface area (Å²) in [4.78, 5) is 37.1. The minimum Gasteiger partial charge on any atom is -0.544 e. The summed E-state index contributed by atoms with van der Waals surface area (Å²) in [6, 6.07) is -0.730. The maximum atomic E-state index is 12.8. The fraction of sp³-hybridized carbons (Fsp3) is 0.780. The molecule has 0 amide bonds. The first kappa shape index (κ1) is 64.0. The number of hydrogen-bond donors (Lipinski definition) is 0. The Labute approximate surface area is 413 Å². The van der Waals surface area contributed by atoms with E-state index < -0.39 is 18.1 Å². The molecule has 0 spiro atoms. The Bertz CT molecular complexity index is 1280. The zero-order chi connectivity index (χ0) is 49.2. The van der Waals surface area contributed by atoms with E-state index in [1.165, 1.54) is 128 Å². The molecule has 2 unspecified atom stereocenters. The maximum Gasteiger partial charge on any atom is 0.306 e. The SMILES string of the molecule is CC/C=C/C/C=C/C/C=C/C/C=C/C/C=C/CCCCCCCCC(=O)OCC(COCCC(C(=O)[O-])[N+](C)(C)C)OC(=O)CCCCCCCCCCCCCCCCCCCCCCC. The summed E-state index contributed by atoms with van der Waals surface area (Å²) in [6.45, 7) is 4.57. The van der Waals surface area contributed by atoms with Crippen LogP contribution in [-0.2, 0) is 28.6 Å². The van der Waals surface area contributed by atoms with Crippen molar-refractivity contribution in [3.8, 4) is 0 Å². The summed E-state index contributed by atoms with van der Waals surface area (Å²) in [5.74, 6) is -1.74. The number of carboxylic acids is 1. The Hall–Kier alpha value is -2.97. The molecule has 8 nitrogen and oxygen atoms in total. The molecule has 2 atom stereocenters. The van der Waals surface area contributed by atoms with Crippen LogP contribution in [0.2, 0.25) is 0 Å². The third kappa shape index (κ3) is 47.9. The predicted molar refractivity (Wildman–Crippen MR) is 282 cm³/mol. The first-order chi connectivity index (χ1) is 32.6. The van der Waals surface area contributed by atoms with Crippen LogP contribution in [0.5, 0.6) is 0 Å². The van der Waals surface area contributed by atoms with Gasteiger partial charge in [0.25, 0.3) is 0 Å². The molecule has 0 radical (unpaired) electrons. The average Bonchev–Trinajstić information content (AvgIpc) is 3.29. The quantitative estimate of drug-likeness (QED) is 0.0259. The van der Waals surface area contributed by atoms with Gasteiger partial charge >= 0.3 is 11.9 Å². The van der Waals surface area contributed by atoms with Crippen LogP contribution in [0.3, 0.4) is 0 Å². The summed E-state index contributed by atoms with van der Waals surface area (Å²) < 4.78 is 17.3. The first-order valence-corrected chi connectivity index (χ1v) is 27.8. The van der Waals surface area contributed by atoms with E-state index in [-0.39, 0.29) is 42.7 Å². The number of quaternary nitrogens is 1. The fourth-order valence-corrected chi connectivity index (χ4v) is 8.16. The molecule has 0 saturated carbocycles. The van der Waals surface area contributed by atoms with Crippen molar-refractivity contribution in [2.75, 3.05) is 41.0 Å². The normalized spacial score (nSPS) is 13.3. The Kier molecular flexibility index (Phi) is 47.3. The van der Waals surface area contributed by atoms with Gasteiger partial charge in [-0.1, -0.05) is 229 Å². The molecule has 0 N–H and O–H groups in total. The number of aliphatic carboxylic acids is 1. The molecule has 0 heterocycles. The molecule has 8 heteroatoms. The molecule has 0 fully saturated rings. The van der Waals surface area contributed by atoms with Gasteiger partial charge in [-0.25, -0.2) is 0 Å². The van der Waals surface area contributed by atoms with E-state index in [1.807, 2.05) is 0 Å². The molecule has 0 aromatic rings. The zero-order valence-corrected chi connectivity index (χ0v) is 44.3. The smallest absolute Gasteiger partial charge is 0.306 e. The van der Waals surface area contributed by atoms with Crippen LogP contribution in [0.4, 0.5) is 0 Å². The third-order valence-electron chi connectivity index (χ3n) is 12.4. The number of carbonyl (C=O) groups is 3. The van der Waals surface area contributed by atoms with E-state index in [0.717, 1.165) is 83.5 Å². The van der Waals surface area contributed by atoms with Gasteiger partial charge in [-0.2, -0.15) is 0 Å². The van der Waals surface area contributed by atoms with Gasteiger partial charge in [0.15, 0.2) is 6.10 Å². The summed E-state index contributed by atoms with van der Waals surface area (Å²) in [7, 11) is 5.42. The molecule has 0 aliphatic heterocycles. The number of ether oxygens (including phenoxy) is 3. The highest BCUT2D eigenvalue weighted by Gasteiger charge is 2.25. The molecule has 0 aliphatic carbocycles. The van der Waals surface area contributed by atoms with Crippen LogP contribution >= 0.6 is 0 Å². The van der Waals surface area contributed by atoms with Crippen molar-refractivity contribution in [2.24, 2.45) is 0 Å². The minimum absolute atomic E-state index is 0.0366. The highest BCUT2D eigenvalue weighted by molar-refractivity contribution is 5.70. The Morgan fingerprint density at radius 3 is 1.24 bits per heavy atom. The van der Waals surface area contributed by atoms with E-state index in [1.54, 1.807) is 21.1 Å². The van der Waals surface area contributed by atoms with Gasteiger partial charge in [0.05, 0.1) is 40.3 Å². The van der Waals surface area contributed by atoms with Crippen molar-refractivity contribution < 1.29 is 38.2 Å². The Balaban J connectivity index is 4.21. The van der Waals surface area contributed by atoms with Gasteiger partial charge < -0.3 is 28.6 Å². The van der Waals surface area contributed by atoms with Crippen LogP contribution in [0.1, 0.15) is 245 Å². The number of rotatable bonds is 50. The van der Waals surface area contributed by atoms with E-state index in [9.17, 15) is 19.5 Å². The number of unbranched alkanes of at least 4 members (excludes halogenated alkanes) is 26. The lowest BCUT2D eigenvalue weighted by molar-refractivity contribution is -0.889. The van der Waals surface area contributed by atoms with Crippen molar-refractivity contribution in [1.29, 1.82) is 0 Å². The van der Waals surface area contributed by atoms with Crippen molar-refractivity contribution in [1.82, 2.24) is 0 Å². The lowest BCUT2D eigenvalue weighted by Crippen LogP contribution is -2.55. The predicted octanol–water partition coefficient (Wildman–Crippen LogP) is 15.1. The molecule has 0 bridgehead atoms. The number of carboxylic acid groups (broad SMARTS) is 1. The monoisotopic (exact) mass is 940 g/mol. The molecule has 0 aromatic heterocycles. The van der Waals surface area contributed by atoms with E-state index in [0.29, 0.717) is 12.8 Å². The van der Waals surface area contributed by atoms with Gasteiger partial charge in [0.1, 0.15) is 12.6 Å². The highest BCUT2D eigenvalue weighted by Crippen LogP contribution is 2.17. The standard InChI is InChI=1S/C59H105NO7/c1-6-8-10-12-14-16-18-20-22-24-26-28-30-31-33-35-37-39-41-43-45-47-49-57(61)66-54-55(53-65-52-51-56(59(63)64)60(3,4)5)67-58(62)50-48-46-44-42-40-38-36-34-32-29-27-25-23-21-19-17-15-13-11-9-7-2/h8,10,14,16,20,22,26,28,31,33,55-56H,6-7,9,11-13,15,17-19,21,23-25,27,29-30,32,34-54H2,1-5H3/b10-8+,16-14+,22-20+,28-26+,33-31+. The van der Waals surface area contributed by atoms with E-state index >= 15 is 0 Å². The fourth-order valence-electron chi connectivity index (χ4n) is 8.16. The lowest BCUT2D eigenvalue weighted by Gasteiger charge is -2.34. The molecular formula is C59H105NO7. The van der Waals surface area contributed by atoms with Crippen molar-refractivity contribution in [3.63, 3.8) is 0 Å². The summed E-state index contributed by atoms with van der Waals surface area (Å²) in [5.41, 5.74) is 0. The van der Waals surface area contributed by atoms with Crippen LogP contribution < -0.4 is 5.11 Å². The second-order valence-electron chi connectivity index (χ2n) is 19.8. The second kappa shape index (κ2) is 49.5. The maximum absolute atomic E-state index is 12.8. The number of carbonyl (C=O) groups excluding carboxylic acids is 3. The third-order valence-corrected chi connectivity index (χ3v) is 12.4. The number of allylic oxidation sites excluding steroid dienone is 10. The number of hydrogen-bond acceptors (Lipinski definition) is 7. The molecule has 388 valence electrons. The van der Waals surface area contributed by atoms with Crippen molar-refractivity contribution in [2.45, 2.75) is 257 Å². The minimum atomic E-state index is -1.13. The largest absolute Gasteiger partial charge is 0.544 e. The van der Waals surface area contributed by atoms with Crippen LogP contribution in [0.25, 0.3) is 0 Å². The highest BCUT2D eigenvalue weighted by atomic mass is 16.6. The van der Waals surface area contributed by atoms with Gasteiger partial charge in [0, 0.05) is 19.3 Å². The molecule has 0 aromatic carbocycles. The summed E-state index contributed by atoms with van der Waals surface area (Å²) in [6.07, 6.45) is 62.6. The first-order valence-electron chi connectivity index (χ1n) is 27.8. The molecular weight excluding hydrogens is 835 g/mol. The zero-order valence-electron chi connectivity index (χ0n) is 44.3. The van der Waals surface area contributed by atoms with Gasteiger partial charge in [0.2, 0.25) is 0 Å². The molecule has 0 rings (SSSR count). The topological polar surface area (TPSA) is 102 Å². The molecule has 67 heavy (non-hydrogen) atoms. The lowest BCUT2D eigenvalue weighted by atomic mass is 10.0. The van der Waals surface area contributed by atoms with E-state index in [2.05, 4.69) is 74.6 Å².